The summed E-state index contributed by atoms with van der Waals surface area (Å²) in [7, 11) is 0. The molecule has 0 atom stereocenters. The number of likely N-dealkylation sites (tertiary alicyclic amines) is 2. The van der Waals surface area contributed by atoms with E-state index in [0.29, 0.717) is 31.7 Å². The lowest BCUT2D eigenvalue weighted by molar-refractivity contribution is -0.125. The highest BCUT2D eigenvalue weighted by Crippen LogP contribution is 2.41. The fourth-order valence-electron chi connectivity index (χ4n) is 5.20. The van der Waals surface area contributed by atoms with Crippen LogP contribution in [0.25, 0.3) is 11.8 Å². The third-order valence-corrected chi connectivity index (χ3v) is 7.35. The summed E-state index contributed by atoms with van der Waals surface area (Å²) in [6.07, 6.45) is 8.60. The zero-order valence-corrected chi connectivity index (χ0v) is 19.7. The molecule has 5 rings (SSSR count). The molecule has 2 saturated heterocycles. The van der Waals surface area contributed by atoms with Gasteiger partial charge in [-0.25, -0.2) is 13.2 Å². The van der Waals surface area contributed by atoms with E-state index in [4.69, 9.17) is 0 Å². The minimum atomic E-state index is -1.55. The molecule has 0 aliphatic carbocycles. The number of carbonyl (C=O) groups is 2. The zero-order chi connectivity index (χ0) is 25.3. The van der Waals surface area contributed by atoms with Crippen molar-refractivity contribution < 1.29 is 22.8 Å². The Balaban J connectivity index is 1.21. The van der Waals surface area contributed by atoms with Gasteiger partial charge in [0.05, 0.1) is 11.3 Å². The van der Waals surface area contributed by atoms with Crippen LogP contribution in [0, 0.1) is 22.9 Å². The Morgan fingerprint density at radius 3 is 2.19 bits per heavy atom. The van der Waals surface area contributed by atoms with E-state index < -0.39 is 17.5 Å². The van der Waals surface area contributed by atoms with E-state index in [1.54, 1.807) is 4.90 Å². The molecular formula is C28H26F3N3O2. The topological polar surface area (TPSA) is 45.6 Å². The minimum Gasteiger partial charge on any atom is -0.339 e. The van der Waals surface area contributed by atoms with E-state index in [0.717, 1.165) is 37.1 Å². The monoisotopic (exact) mass is 493 g/mol. The van der Waals surface area contributed by atoms with Crippen LogP contribution in [0.1, 0.15) is 35.2 Å². The first-order valence-electron chi connectivity index (χ1n) is 12.0. The quantitative estimate of drug-likeness (QED) is 0.377. The zero-order valence-electron chi connectivity index (χ0n) is 19.7. The van der Waals surface area contributed by atoms with Gasteiger partial charge in [0.25, 0.3) is 5.91 Å². The molecule has 2 aromatic carbocycles. The molecule has 186 valence electrons. The molecule has 0 unspecified atom stereocenters. The number of benzene rings is 2. The second-order valence-electron chi connectivity index (χ2n) is 9.51. The van der Waals surface area contributed by atoms with Crippen LogP contribution >= 0.6 is 0 Å². The summed E-state index contributed by atoms with van der Waals surface area (Å²) in [5.74, 6) is -4.43. The Morgan fingerprint density at radius 1 is 0.806 bits per heavy atom. The van der Waals surface area contributed by atoms with E-state index in [1.165, 1.54) is 12.2 Å². The average molecular weight is 494 g/mol. The molecule has 1 spiro atoms. The van der Waals surface area contributed by atoms with Crippen molar-refractivity contribution in [2.45, 2.75) is 19.3 Å². The highest BCUT2D eigenvalue weighted by atomic mass is 19.2. The van der Waals surface area contributed by atoms with Crippen molar-refractivity contribution in [3.63, 3.8) is 0 Å². The van der Waals surface area contributed by atoms with Crippen molar-refractivity contribution in [2.75, 3.05) is 26.2 Å². The number of halogens is 3. The normalized spacial score (nSPS) is 17.3. The fourth-order valence-corrected chi connectivity index (χ4v) is 5.20. The molecule has 3 aromatic rings. The Morgan fingerprint density at radius 2 is 1.47 bits per heavy atom. The Labute approximate surface area is 207 Å². The first kappa shape index (κ1) is 23.9. The maximum atomic E-state index is 13.9. The van der Waals surface area contributed by atoms with E-state index >= 15 is 0 Å². The van der Waals surface area contributed by atoms with Gasteiger partial charge in [-0.15, -0.1) is 0 Å². The number of hydrogen-bond acceptors (Lipinski definition) is 2. The molecule has 2 aliphatic heterocycles. The SMILES string of the molecule is O=C(/C=C/c1ccc(F)c(F)c1F)N1CCC2(CCN(C(=O)c3ccccc3-n3cccc3)CC2)C1. The molecule has 8 heteroatoms. The summed E-state index contributed by atoms with van der Waals surface area (Å²) in [5.41, 5.74) is 1.26. The maximum Gasteiger partial charge on any atom is 0.255 e. The van der Waals surface area contributed by atoms with Crippen LogP contribution < -0.4 is 0 Å². The van der Waals surface area contributed by atoms with Crippen molar-refractivity contribution in [3.8, 4) is 5.69 Å². The highest BCUT2D eigenvalue weighted by molar-refractivity contribution is 5.98. The molecule has 0 bridgehead atoms. The van der Waals surface area contributed by atoms with E-state index in [1.807, 2.05) is 58.3 Å². The lowest BCUT2D eigenvalue weighted by atomic mass is 9.77. The summed E-state index contributed by atoms with van der Waals surface area (Å²) in [6.45, 7) is 2.33. The van der Waals surface area contributed by atoms with Gasteiger partial charge < -0.3 is 14.4 Å². The number of aromatic nitrogens is 1. The molecule has 2 fully saturated rings. The summed E-state index contributed by atoms with van der Waals surface area (Å²) in [6, 6.07) is 13.3. The molecule has 1 aromatic heterocycles. The predicted molar refractivity (Wildman–Crippen MR) is 130 cm³/mol. The third kappa shape index (κ3) is 4.55. The van der Waals surface area contributed by atoms with Gasteiger partial charge in [-0.3, -0.25) is 9.59 Å². The minimum absolute atomic E-state index is 0.00318. The standard InChI is InChI=1S/C28H26F3N3O2/c29-22-9-7-20(25(30)26(22)31)8-10-24(35)34-18-13-28(19-34)11-16-33(17-12-28)27(36)21-5-1-2-6-23(21)32-14-3-4-15-32/h1-10,14-15H,11-13,16-19H2/b10-8+. The van der Waals surface area contributed by atoms with E-state index in [2.05, 4.69) is 0 Å². The highest BCUT2D eigenvalue weighted by Gasteiger charge is 2.42. The average Bonchev–Trinajstić information content (AvgIpc) is 3.58. The van der Waals surface area contributed by atoms with Crippen LogP contribution in [0.5, 0.6) is 0 Å². The molecule has 5 nitrogen and oxygen atoms in total. The third-order valence-electron chi connectivity index (χ3n) is 7.35. The number of para-hydroxylation sites is 1. The Hall–Kier alpha value is -3.81. The lowest BCUT2D eigenvalue weighted by Crippen LogP contribution is -2.44. The Kier molecular flexibility index (Phi) is 6.43. The largest absolute Gasteiger partial charge is 0.339 e. The first-order valence-corrected chi connectivity index (χ1v) is 12.0. The molecule has 0 saturated carbocycles. The van der Waals surface area contributed by atoms with Crippen LogP contribution in [-0.2, 0) is 4.79 Å². The van der Waals surface area contributed by atoms with Gasteiger partial charge in [0.1, 0.15) is 0 Å². The van der Waals surface area contributed by atoms with Gasteiger partial charge in [-0.2, -0.15) is 0 Å². The van der Waals surface area contributed by atoms with Gasteiger partial charge in [0.2, 0.25) is 5.91 Å². The molecule has 2 aliphatic rings. The predicted octanol–water partition coefficient (Wildman–Crippen LogP) is 5.06. The molecule has 0 radical (unpaired) electrons. The number of piperidine rings is 1. The van der Waals surface area contributed by atoms with Crippen LogP contribution in [-0.4, -0.2) is 52.4 Å². The maximum absolute atomic E-state index is 13.9. The Bertz CT molecular complexity index is 1310. The number of hydrogen-bond donors (Lipinski definition) is 0. The smallest absolute Gasteiger partial charge is 0.255 e. The van der Waals surface area contributed by atoms with Crippen molar-refractivity contribution in [2.24, 2.45) is 5.41 Å². The fraction of sp³-hybridized carbons (Fsp3) is 0.286. The lowest BCUT2D eigenvalue weighted by Gasteiger charge is -2.39. The first-order chi connectivity index (χ1) is 17.4. The van der Waals surface area contributed by atoms with Crippen molar-refractivity contribution in [1.82, 2.24) is 14.4 Å². The van der Waals surface area contributed by atoms with Gasteiger partial charge in [0, 0.05) is 50.2 Å². The molecule has 0 N–H and O–H groups in total. The van der Waals surface area contributed by atoms with Crippen molar-refractivity contribution in [1.29, 1.82) is 0 Å². The van der Waals surface area contributed by atoms with Crippen LogP contribution in [0.3, 0.4) is 0 Å². The second kappa shape index (κ2) is 9.68. The van der Waals surface area contributed by atoms with Crippen LogP contribution in [0.2, 0.25) is 0 Å². The summed E-state index contributed by atoms with van der Waals surface area (Å²) < 4.78 is 42.4. The van der Waals surface area contributed by atoms with Gasteiger partial charge in [-0.05, 0) is 67.2 Å². The summed E-state index contributed by atoms with van der Waals surface area (Å²) in [5, 5.41) is 0. The van der Waals surface area contributed by atoms with Crippen molar-refractivity contribution in [3.05, 3.63) is 95.6 Å². The van der Waals surface area contributed by atoms with Crippen molar-refractivity contribution >= 4 is 17.9 Å². The van der Waals surface area contributed by atoms with Gasteiger partial charge in [0.15, 0.2) is 17.5 Å². The van der Waals surface area contributed by atoms with E-state index in [9.17, 15) is 22.8 Å². The molecular weight excluding hydrogens is 467 g/mol. The number of amides is 2. The number of nitrogens with zero attached hydrogens (tertiary/aromatic N) is 3. The van der Waals surface area contributed by atoms with E-state index in [-0.39, 0.29) is 22.8 Å². The summed E-state index contributed by atoms with van der Waals surface area (Å²) >= 11 is 0. The molecule has 2 amide bonds. The van der Waals surface area contributed by atoms with Gasteiger partial charge >= 0.3 is 0 Å². The summed E-state index contributed by atoms with van der Waals surface area (Å²) in [4.78, 5) is 29.6. The molecule has 3 heterocycles. The van der Waals surface area contributed by atoms with Gasteiger partial charge in [-0.1, -0.05) is 12.1 Å². The molecule has 36 heavy (non-hydrogen) atoms. The van der Waals surface area contributed by atoms with Crippen LogP contribution in [0.4, 0.5) is 13.2 Å². The van der Waals surface area contributed by atoms with Crippen LogP contribution in [0.15, 0.2) is 67.0 Å². The number of rotatable bonds is 4. The second-order valence-corrected chi connectivity index (χ2v) is 9.51. The number of carbonyl (C=O) groups excluding carboxylic acids is 2.